The molecule has 1 aliphatic heterocycles. The summed E-state index contributed by atoms with van der Waals surface area (Å²) in [7, 11) is 0. The van der Waals surface area contributed by atoms with Crippen molar-refractivity contribution in [1.82, 2.24) is 24.5 Å². The number of nitrogens with one attached hydrogen (secondary N) is 2. The average Bonchev–Trinajstić information content (AvgIpc) is 3.43. The Hall–Kier alpha value is -2.95. The molecular formula is C21H23ClFN7OS. The number of halogens is 2. The maximum atomic E-state index is 13.1. The van der Waals surface area contributed by atoms with E-state index in [-0.39, 0.29) is 23.8 Å². The monoisotopic (exact) mass is 475 g/mol. The summed E-state index contributed by atoms with van der Waals surface area (Å²) >= 11 is 1.66. The molecule has 0 unspecified atom stereocenters. The zero-order valence-corrected chi connectivity index (χ0v) is 18.8. The predicted octanol–water partition coefficient (Wildman–Crippen LogP) is 2.97. The van der Waals surface area contributed by atoms with Crippen molar-refractivity contribution in [3.8, 4) is 0 Å². The fraction of sp³-hybridized carbons (Fsp3) is 0.286. The molecule has 0 amide bonds. The molecule has 0 atom stereocenters. The van der Waals surface area contributed by atoms with Crippen molar-refractivity contribution in [3.63, 3.8) is 0 Å². The van der Waals surface area contributed by atoms with Crippen LogP contribution >= 0.6 is 23.7 Å². The third kappa shape index (κ3) is 4.93. The van der Waals surface area contributed by atoms with Gasteiger partial charge < -0.3 is 10.2 Å². The molecule has 4 aromatic rings. The molecule has 1 fully saturated rings. The van der Waals surface area contributed by atoms with Crippen molar-refractivity contribution in [2.75, 3.05) is 36.4 Å². The molecule has 0 radical (unpaired) electrons. The van der Waals surface area contributed by atoms with Crippen LogP contribution < -0.4 is 15.8 Å². The van der Waals surface area contributed by atoms with E-state index in [0.29, 0.717) is 30.5 Å². The van der Waals surface area contributed by atoms with Gasteiger partial charge in [0.15, 0.2) is 0 Å². The highest BCUT2D eigenvalue weighted by molar-refractivity contribution is 7.09. The Labute approximate surface area is 194 Å². The van der Waals surface area contributed by atoms with Gasteiger partial charge in [0.05, 0.1) is 12.2 Å². The molecule has 0 spiro atoms. The number of aromatic amines is 1. The van der Waals surface area contributed by atoms with Gasteiger partial charge in [0.25, 0.3) is 11.3 Å². The number of thiophene rings is 1. The second kappa shape index (κ2) is 9.68. The summed E-state index contributed by atoms with van der Waals surface area (Å²) in [6, 6.07) is 12.2. The van der Waals surface area contributed by atoms with Gasteiger partial charge in [-0.05, 0) is 35.7 Å². The van der Waals surface area contributed by atoms with Gasteiger partial charge in [-0.2, -0.15) is 9.50 Å². The number of piperazine rings is 1. The van der Waals surface area contributed by atoms with E-state index in [4.69, 9.17) is 0 Å². The molecule has 1 aromatic carbocycles. The second-order valence-corrected chi connectivity index (χ2v) is 8.50. The molecule has 11 heteroatoms. The molecule has 168 valence electrons. The first-order valence-corrected chi connectivity index (χ1v) is 11.0. The Morgan fingerprint density at radius 1 is 1.09 bits per heavy atom. The normalized spacial score (nSPS) is 14.5. The zero-order valence-electron chi connectivity index (χ0n) is 17.2. The lowest BCUT2D eigenvalue weighted by Gasteiger charge is -2.35. The summed E-state index contributed by atoms with van der Waals surface area (Å²) in [5, 5.41) is 8.18. The van der Waals surface area contributed by atoms with Crippen LogP contribution in [0, 0.1) is 5.82 Å². The van der Waals surface area contributed by atoms with E-state index in [1.807, 2.05) is 29.6 Å². The Morgan fingerprint density at radius 3 is 2.59 bits per heavy atom. The van der Waals surface area contributed by atoms with Crippen LogP contribution in [0.2, 0.25) is 0 Å². The zero-order chi connectivity index (χ0) is 21.2. The van der Waals surface area contributed by atoms with E-state index < -0.39 is 0 Å². The topological polar surface area (TPSA) is 81.6 Å². The molecular weight excluding hydrogens is 453 g/mol. The van der Waals surface area contributed by atoms with Gasteiger partial charge in [0, 0.05) is 49.4 Å². The number of aromatic nitrogens is 4. The summed E-state index contributed by atoms with van der Waals surface area (Å²) in [5.74, 6) is 0.655. The van der Waals surface area contributed by atoms with Crippen molar-refractivity contribution in [2.24, 2.45) is 0 Å². The molecule has 0 aliphatic carbocycles. The van der Waals surface area contributed by atoms with E-state index in [2.05, 4.69) is 30.2 Å². The van der Waals surface area contributed by atoms with E-state index >= 15 is 0 Å². The standard InChI is InChI=1S/C21H22FN7OS.ClH/c22-15-3-5-17(6-4-15)28-9-7-27(8-10-28)14-16-12-19(30)29-21(24-16)25-20(26-29)23-13-18-2-1-11-31-18;/h1-6,11-12H,7-10,13-14H2,(H2,23,24,25,26);1H. The summed E-state index contributed by atoms with van der Waals surface area (Å²) in [6.45, 7) is 4.59. The van der Waals surface area contributed by atoms with Gasteiger partial charge in [0.1, 0.15) is 5.82 Å². The van der Waals surface area contributed by atoms with Crippen LogP contribution in [-0.2, 0) is 13.1 Å². The number of fused-ring (bicyclic) bond motifs is 1. The van der Waals surface area contributed by atoms with Gasteiger partial charge in [-0.3, -0.25) is 14.8 Å². The largest absolute Gasteiger partial charge is 0.369 e. The number of benzene rings is 1. The SMILES string of the molecule is Cl.O=c1cc(CN2CCN(c3ccc(F)cc3)CC2)nc2nc(NCc3cccs3)[nH]n12. The van der Waals surface area contributed by atoms with Crippen LogP contribution in [0.5, 0.6) is 0 Å². The predicted molar refractivity (Wildman–Crippen MR) is 126 cm³/mol. The summed E-state index contributed by atoms with van der Waals surface area (Å²) in [6.07, 6.45) is 0. The Bertz CT molecular complexity index is 1220. The average molecular weight is 476 g/mol. The van der Waals surface area contributed by atoms with E-state index in [0.717, 1.165) is 31.9 Å². The van der Waals surface area contributed by atoms with Crippen LogP contribution in [0.15, 0.2) is 52.6 Å². The maximum absolute atomic E-state index is 13.1. The van der Waals surface area contributed by atoms with Crippen molar-refractivity contribution < 1.29 is 4.39 Å². The summed E-state index contributed by atoms with van der Waals surface area (Å²) in [4.78, 5) is 27.2. The highest BCUT2D eigenvalue weighted by Crippen LogP contribution is 2.18. The van der Waals surface area contributed by atoms with Crippen LogP contribution in [0.1, 0.15) is 10.6 Å². The van der Waals surface area contributed by atoms with Gasteiger partial charge in [-0.15, -0.1) is 23.7 Å². The first-order chi connectivity index (χ1) is 15.1. The number of rotatable bonds is 6. The number of hydrogen-bond donors (Lipinski definition) is 2. The summed E-state index contributed by atoms with van der Waals surface area (Å²) in [5.41, 5.74) is 1.55. The molecule has 4 heterocycles. The van der Waals surface area contributed by atoms with Gasteiger partial charge in [0.2, 0.25) is 5.95 Å². The molecule has 2 N–H and O–H groups in total. The van der Waals surface area contributed by atoms with Crippen molar-refractivity contribution in [2.45, 2.75) is 13.1 Å². The Morgan fingerprint density at radius 2 is 1.88 bits per heavy atom. The number of anilines is 2. The highest BCUT2D eigenvalue weighted by Gasteiger charge is 2.19. The third-order valence-corrected chi connectivity index (χ3v) is 6.22. The van der Waals surface area contributed by atoms with Gasteiger partial charge >= 0.3 is 0 Å². The first-order valence-electron chi connectivity index (χ1n) is 10.1. The molecule has 5 rings (SSSR count). The van der Waals surface area contributed by atoms with Crippen LogP contribution in [0.25, 0.3) is 5.78 Å². The second-order valence-electron chi connectivity index (χ2n) is 7.47. The Balaban J connectivity index is 0.00000245. The molecule has 32 heavy (non-hydrogen) atoms. The van der Waals surface area contributed by atoms with Crippen LogP contribution in [0.3, 0.4) is 0 Å². The van der Waals surface area contributed by atoms with Gasteiger partial charge in [-0.1, -0.05) is 6.07 Å². The lowest BCUT2D eigenvalue weighted by molar-refractivity contribution is 0.247. The lowest BCUT2D eigenvalue weighted by Crippen LogP contribution is -2.46. The first kappa shape index (κ1) is 22.3. The lowest BCUT2D eigenvalue weighted by atomic mass is 10.2. The minimum atomic E-state index is -0.224. The molecule has 0 bridgehead atoms. The molecule has 8 nitrogen and oxygen atoms in total. The molecule has 0 saturated carbocycles. The van der Waals surface area contributed by atoms with Crippen LogP contribution in [0.4, 0.5) is 16.0 Å². The minimum Gasteiger partial charge on any atom is -0.369 e. The fourth-order valence-corrected chi connectivity index (χ4v) is 4.36. The number of nitrogens with zero attached hydrogens (tertiary/aromatic N) is 5. The van der Waals surface area contributed by atoms with Crippen molar-refractivity contribution >= 4 is 41.2 Å². The smallest absolute Gasteiger partial charge is 0.274 e. The van der Waals surface area contributed by atoms with E-state index in [9.17, 15) is 9.18 Å². The van der Waals surface area contributed by atoms with E-state index in [1.165, 1.54) is 21.5 Å². The third-order valence-electron chi connectivity index (χ3n) is 5.34. The highest BCUT2D eigenvalue weighted by atomic mass is 35.5. The quantitative estimate of drug-likeness (QED) is 0.446. The molecule has 1 aliphatic rings. The van der Waals surface area contributed by atoms with Crippen LogP contribution in [-0.4, -0.2) is 50.7 Å². The van der Waals surface area contributed by atoms with Gasteiger partial charge in [-0.25, -0.2) is 9.37 Å². The van der Waals surface area contributed by atoms with Crippen molar-refractivity contribution in [1.29, 1.82) is 0 Å². The number of hydrogen-bond acceptors (Lipinski definition) is 7. The molecule has 3 aromatic heterocycles. The Kier molecular flexibility index (Phi) is 6.73. The molecule has 1 saturated heterocycles. The minimum absolute atomic E-state index is 0. The van der Waals surface area contributed by atoms with Crippen molar-refractivity contribution in [3.05, 3.63) is 74.6 Å². The number of H-pyrrole nitrogens is 1. The maximum Gasteiger partial charge on any atom is 0.274 e. The fourth-order valence-electron chi connectivity index (χ4n) is 3.72. The summed E-state index contributed by atoms with van der Waals surface area (Å²) < 4.78 is 14.5. The van der Waals surface area contributed by atoms with E-state index in [1.54, 1.807) is 17.4 Å².